The van der Waals surface area contributed by atoms with Crippen molar-refractivity contribution >= 4 is 5.91 Å². The Kier molecular flexibility index (Phi) is 5.27. The Morgan fingerprint density at radius 2 is 2.00 bits per heavy atom. The number of nitrogens with one attached hydrogen (secondary N) is 1. The number of hydrogen-bond acceptors (Lipinski definition) is 3. The van der Waals surface area contributed by atoms with Crippen LogP contribution < -0.4 is 5.32 Å². The monoisotopic (exact) mass is 291 g/mol. The maximum absolute atomic E-state index is 12.3. The molecule has 2 aliphatic rings. The van der Waals surface area contributed by atoms with Crippen molar-refractivity contribution in [2.24, 2.45) is 17.3 Å². The predicted molar refractivity (Wildman–Crippen MR) is 83.5 cm³/mol. The number of nitrogens with zero attached hydrogens (tertiary/aromatic N) is 2. The Hall–Kier alpha value is -1.08. The summed E-state index contributed by atoms with van der Waals surface area (Å²) in [7, 11) is 0. The van der Waals surface area contributed by atoms with Gasteiger partial charge in [-0.25, -0.2) is 0 Å². The molecule has 2 rings (SSSR count). The van der Waals surface area contributed by atoms with Crippen molar-refractivity contribution in [1.29, 1.82) is 5.26 Å². The van der Waals surface area contributed by atoms with E-state index in [-0.39, 0.29) is 5.91 Å². The van der Waals surface area contributed by atoms with Crippen molar-refractivity contribution in [3.63, 3.8) is 0 Å². The van der Waals surface area contributed by atoms with Crippen molar-refractivity contribution < 1.29 is 4.79 Å². The first-order chi connectivity index (χ1) is 9.98. The zero-order valence-electron chi connectivity index (χ0n) is 13.7. The average molecular weight is 291 g/mol. The molecule has 0 aromatic rings. The molecule has 4 heteroatoms. The van der Waals surface area contributed by atoms with Crippen LogP contribution in [0.4, 0.5) is 0 Å². The topological polar surface area (TPSA) is 56.1 Å². The number of carbonyl (C=O) groups excluding carboxylic acids is 1. The third kappa shape index (κ3) is 3.58. The van der Waals surface area contributed by atoms with Crippen molar-refractivity contribution in [2.45, 2.75) is 58.9 Å². The van der Waals surface area contributed by atoms with Gasteiger partial charge in [-0.2, -0.15) is 5.26 Å². The molecular formula is C17H29N3O. The molecule has 1 atom stereocenters. The lowest BCUT2D eigenvalue weighted by Gasteiger charge is -2.40. The van der Waals surface area contributed by atoms with E-state index >= 15 is 0 Å². The summed E-state index contributed by atoms with van der Waals surface area (Å²) in [6, 6.07) is 2.61. The number of hydrogen-bond donors (Lipinski definition) is 1. The van der Waals surface area contributed by atoms with Gasteiger partial charge in [0.15, 0.2) is 0 Å². The van der Waals surface area contributed by atoms with Crippen LogP contribution in [0.5, 0.6) is 0 Å². The molecule has 1 aliphatic carbocycles. The molecule has 0 bridgehead atoms. The van der Waals surface area contributed by atoms with Gasteiger partial charge in [0.2, 0.25) is 5.91 Å². The van der Waals surface area contributed by atoms with E-state index in [2.05, 4.69) is 37.1 Å². The Balaban J connectivity index is 1.89. The van der Waals surface area contributed by atoms with E-state index in [1.165, 1.54) is 12.8 Å². The van der Waals surface area contributed by atoms with Gasteiger partial charge in [0.25, 0.3) is 0 Å². The highest BCUT2D eigenvalue weighted by Crippen LogP contribution is 2.40. The molecule has 0 aromatic heterocycles. The lowest BCUT2D eigenvalue weighted by molar-refractivity contribution is -0.132. The van der Waals surface area contributed by atoms with Crippen LogP contribution in [0.2, 0.25) is 0 Å². The van der Waals surface area contributed by atoms with E-state index in [4.69, 9.17) is 0 Å². The summed E-state index contributed by atoms with van der Waals surface area (Å²) in [6.45, 7) is 9.69. The highest BCUT2D eigenvalue weighted by atomic mass is 16.2. The normalized spacial score (nSPS) is 24.1. The number of amides is 1. The summed E-state index contributed by atoms with van der Waals surface area (Å²) in [5.74, 6) is 1.28. The molecule has 2 fully saturated rings. The Morgan fingerprint density at radius 1 is 1.38 bits per heavy atom. The van der Waals surface area contributed by atoms with E-state index in [0.29, 0.717) is 18.5 Å². The molecule has 1 saturated carbocycles. The van der Waals surface area contributed by atoms with Crippen LogP contribution in [0.15, 0.2) is 0 Å². The minimum absolute atomic E-state index is 0.0488. The van der Waals surface area contributed by atoms with Crippen LogP contribution in [-0.4, -0.2) is 36.5 Å². The molecule has 1 saturated heterocycles. The molecule has 1 heterocycles. The van der Waals surface area contributed by atoms with E-state index in [9.17, 15) is 10.1 Å². The van der Waals surface area contributed by atoms with Crippen LogP contribution in [-0.2, 0) is 4.79 Å². The average Bonchev–Trinajstić information content (AvgIpc) is 2.40. The van der Waals surface area contributed by atoms with Crippen LogP contribution in [0.1, 0.15) is 52.9 Å². The maximum atomic E-state index is 12.3. The van der Waals surface area contributed by atoms with Crippen molar-refractivity contribution in [3.8, 4) is 6.07 Å². The van der Waals surface area contributed by atoms with Crippen molar-refractivity contribution in [2.75, 3.05) is 19.6 Å². The minimum atomic E-state index is -0.724. The minimum Gasteiger partial charge on any atom is -0.353 e. The lowest BCUT2D eigenvalue weighted by Crippen LogP contribution is -2.52. The van der Waals surface area contributed by atoms with Gasteiger partial charge in [0, 0.05) is 12.6 Å². The summed E-state index contributed by atoms with van der Waals surface area (Å²) in [4.78, 5) is 14.8. The van der Waals surface area contributed by atoms with Gasteiger partial charge in [0.1, 0.15) is 5.41 Å². The maximum Gasteiger partial charge on any atom is 0.240 e. The summed E-state index contributed by atoms with van der Waals surface area (Å²) in [5.41, 5.74) is -0.724. The largest absolute Gasteiger partial charge is 0.353 e. The quantitative estimate of drug-likeness (QED) is 0.847. The number of rotatable bonds is 5. The van der Waals surface area contributed by atoms with Crippen molar-refractivity contribution in [1.82, 2.24) is 10.2 Å². The van der Waals surface area contributed by atoms with Gasteiger partial charge in [-0.3, -0.25) is 9.69 Å². The number of likely N-dealkylation sites (tertiary alicyclic amines) is 1. The molecule has 1 aliphatic heterocycles. The molecule has 118 valence electrons. The SMILES string of the molecule is CC1CCN(C(CNC(=O)C2(C#N)CCC2)C(C)C)CC1. The second-order valence-corrected chi connectivity index (χ2v) is 7.29. The second kappa shape index (κ2) is 6.79. The third-order valence-electron chi connectivity index (χ3n) is 5.38. The molecule has 0 radical (unpaired) electrons. The Labute approximate surface area is 128 Å². The van der Waals surface area contributed by atoms with Gasteiger partial charge in [-0.15, -0.1) is 0 Å². The summed E-state index contributed by atoms with van der Waals surface area (Å²) in [6.07, 6.45) is 4.95. The smallest absolute Gasteiger partial charge is 0.240 e. The fraction of sp³-hybridized carbons (Fsp3) is 0.882. The van der Waals surface area contributed by atoms with Gasteiger partial charge in [-0.1, -0.05) is 20.8 Å². The van der Waals surface area contributed by atoms with E-state index in [1.54, 1.807) is 0 Å². The van der Waals surface area contributed by atoms with Crippen LogP contribution >= 0.6 is 0 Å². The first kappa shape index (κ1) is 16.3. The van der Waals surface area contributed by atoms with E-state index in [0.717, 1.165) is 38.3 Å². The molecule has 0 spiro atoms. The fourth-order valence-corrected chi connectivity index (χ4v) is 3.43. The zero-order chi connectivity index (χ0) is 15.5. The molecule has 21 heavy (non-hydrogen) atoms. The number of carbonyl (C=O) groups is 1. The second-order valence-electron chi connectivity index (χ2n) is 7.29. The number of nitriles is 1. The summed E-state index contributed by atoms with van der Waals surface area (Å²) < 4.78 is 0. The lowest BCUT2D eigenvalue weighted by atomic mass is 9.69. The highest BCUT2D eigenvalue weighted by Gasteiger charge is 2.44. The molecule has 1 unspecified atom stereocenters. The summed E-state index contributed by atoms with van der Waals surface area (Å²) >= 11 is 0. The van der Waals surface area contributed by atoms with E-state index in [1.807, 2.05) is 0 Å². The van der Waals surface area contributed by atoms with Gasteiger partial charge >= 0.3 is 0 Å². The Bertz CT molecular complexity index is 401. The van der Waals surface area contributed by atoms with Gasteiger partial charge in [0.05, 0.1) is 6.07 Å². The summed E-state index contributed by atoms with van der Waals surface area (Å²) in [5, 5.41) is 12.3. The molecular weight excluding hydrogens is 262 g/mol. The first-order valence-corrected chi connectivity index (χ1v) is 8.42. The fourth-order valence-electron chi connectivity index (χ4n) is 3.43. The molecule has 1 amide bonds. The van der Waals surface area contributed by atoms with E-state index < -0.39 is 5.41 Å². The molecule has 0 aromatic carbocycles. The van der Waals surface area contributed by atoms with Crippen LogP contribution in [0.25, 0.3) is 0 Å². The van der Waals surface area contributed by atoms with Gasteiger partial charge < -0.3 is 5.32 Å². The molecule has 1 N–H and O–H groups in total. The van der Waals surface area contributed by atoms with Gasteiger partial charge in [-0.05, 0) is 57.0 Å². The predicted octanol–water partition coefficient (Wildman–Crippen LogP) is 2.55. The third-order valence-corrected chi connectivity index (χ3v) is 5.38. The molecule has 4 nitrogen and oxygen atoms in total. The number of piperidine rings is 1. The van der Waals surface area contributed by atoms with Crippen molar-refractivity contribution in [3.05, 3.63) is 0 Å². The highest BCUT2D eigenvalue weighted by molar-refractivity contribution is 5.86. The van der Waals surface area contributed by atoms with Crippen LogP contribution in [0, 0.1) is 28.6 Å². The van der Waals surface area contributed by atoms with Crippen LogP contribution in [0.3, 0.4) is 0 Å². The zero-order valence-corrected chi connectivity index (χ0v) is 13.7. The first-order valence-electron chi connectivity index (χ1n) is 8.42. The standard InChI is InChI=1S/C17H29N3O/c1-13(2)15(20-9-5-14(3)6-10-20)11-19-16(21)17(12-18)7-4-8-17/h13-15H,4-11H2,1-3H3,(H,19,21). The Morgan fingerprint density at radius 3 is 2.43 bits per heavy atom.